The zero-order valence-electron chi connectivity index (χ0n) is 19.2. The Hall–Kier alpha value is -3.63. The Kier molecular flexibility index (Phi) is 6.99. The minimum Gasteiger partial charge on any atom is -0.378 e. The van der Waals surface area contributed by atoms with E-state index in [0.717, 1.165) is 43.2 Å². The molecule has 1 fully saturated rings. The maximum absolute atomic E-state index is 12.5. The van der Waals surface area contributed by atoms with Crippen molar-refractivity contribution in [2.75, 3.05) is 41.8 Å². The number of nitrogens with one attached hydrogen (secondary N) is 3. The summed E-state index contributed by atoms with van der Waals surface area (Å²) in [5, 5.41) is 6.42. The molecule has 34 heavy (non-hydrogen) atoms. The summed E-state index contributed by atoms with van der Waals surface area (Å²) >= 11 is 0. The van der Waals surface area contributed by atoms with Gasteiger partial charge in [0.2, 0.25) is 5.95 Å². The predicted molar refractivity (Wildman–Crippen MR) is 134 cm³/mol. The lowest BCUT2D eigenvalue weighted by atomic mass is 10.2. The number of allylic oxidation sites excluding steroid dienone is 1. The van der Waals surface area contributed by atoms with Crippen LogP contribution in [0.15, 0.2) is 71.9 Å². The van der Waals surface area contributed by atoms with Gasteiger partial charge in [0, 0.05) is 47.6 Å². The van der Waals surface area contributed by atoms with Crippen LogP contribution in [0.5, 0.6) is 0 Å². The Balaban J connectivity index is 1.48. The zero-order chi connectivity index (χ0) is 24.1. The van der Waals surface area contributed by atoms with Crippen LogP contribution in [0.1, 0.15) is 12.5 Å². The largest absolute Gasteiger partial charge is 0.378 e. The van der Waals surface area contributed by atoms with Crippen LogP contribution in [-0.2, 0) is 14.8 Å². The van der Waals surface area contributed by atoms with Gasteiger partial charge in [-0.25, -0.2) is 13.4 Å². The standard InChI is InChI=1S/C24H28N6O3S/c1-17(2)29-34(31,32)22-6-4-5-20(15-22)26-23-18(3)16-25-24(28-23)27-19-7-9-21(10-8-19)30-11-13-33-14-12-30/h4-10,15-16,29H,1,11-14H2,2-3H3,(H2,25,26,27,28). The van der Waals surface area contributed by atoms with E-state index in [-0.39, 0.29) is 4.90 Å². The molecule has 0 spiro atoms. The summed E-state index contributed by atoms with van der Waals surface area (Å²) in [5.74, 6) is 1.00. The van der Waals surface area contributed by atoms with Gasteiger partial charge < -0.3 is 20.3 Å². The molecule has 0 amide bonds. The van der Waals surface area contributed by atoms with Crippen molar-refractivity contribution in [3.63, 3.8) is 0 Å². The Bertz CT molecular complexity index is 1270. The molecule has 10 heteroatoms. The average Bonchev–Trinajstić information content (AvgIpc) is 2.82. The highest BCUT2D eigenvalue weighted by molar-refractivity contribution is 7.89. The molecule has 0 aliphatic carbocycles. The third-order valence-corrected chi connectivity index (χ3v) is 6.68. The van der Waals surface area contributed by atoms with Gasteiger partial charge >= 0.3 is 0 Å². The molecule has 9 nitrogen and oxygen atoms in total. The summed E-state index contributed by atoms with van der Waals surface area (Å²) in [7, 11) is -3.69. The first-order chi connectivity index (χ1) is 16.3. The van der Waals surface area contributed by atoms with Crippen LogP contribution in [0.3, 0.4) is 0 Å². The number of aryl methyl sites for hydroxylation is 1. The second-order valence-electron chi connectivity index (χ2n) is 8.04. The number of nitrogens with zero attached hydrogens (tertiary/aromatic N) is 3. The summed E-state index contributed by atoms with van der Waals surface area (Å²) in [6.07, 6.45) is 1.71. The number of sulfonamides is 1. The van der Waals surface area contributed by atoms with E-state index in [0.29, 0.717) is 23.2 Å². The fourth-order valence-corrected chi connectivity index (χ4v) is 4.62. The van der Waals surface area contributed by atoms with Gasteiger partial charge in [0.15, 0.2) is 0 Å². The molecule has 1 saturated heterocycles. The highest BCUT2D eigenvalue weighted by Crippen LogP contribution is 2.24. The monoisotopic (exact) mass is 480 g/mol. The van der Waals surface area contributed by atoms with E-state index in [2.05, 4.69) is 48.9 Å². The summed E-state index contributed by atoms with van der Waals surface area (Å²) in [6, 6.07) is 14.6. The Morgan fingerprint density at radius 2 is 1.79 bits per heavy atom. The number of morpholine rings is 1. The van der Waals surface area contributed by atoms with Crippen molar-refractivity contribution < 1.29 is 13.2 Å². The molecule has 0 atom stereocenters. The van der Waals surface area contributed by atoms with Crippen LogP contribution in [-0.4, -0.2) is 44.7 Å². The predicted octanol–water partition coefficient (Wildman–Crippen LogP) is 3.92. The molecule has 0 radical (unpaired) electrons. The second-order valence-corrected chi connectivity index (χ2v) is 9.72. The Labute approximate surface area is 199 Å². The normalized spacial score (nSPS) is 13.9. The van der Waals surface area contributed by atoms with Crippen molar-refractivity contribution in [2.45, 2.75) is 18.7 Å². The number of benzene rings is 2. The third kappa shape index (κ3) is 5.83. The lowest BCUT2D eigenvalue weighted by molar-refractivity contribution is 0.122. The van der Waals surface area contributed by atoms with Gasteiger partial charge in [-0.1, -0.05) is 12.6 Å². The lowest BCUT2D eigenvalue weighted by Gasteiger charge is -2.28. The first kappa shape index (κ1) is 23.5. The van der Waals surface area contributed by atoms with Gasteiger partial charge in [-0.2, -0.15) is 4.98 Å². The number of rotatable bonds is 8. The summed E-state index contributed by atoms with van der Waals surface area (Å²) in [4.78, 5) is 11.4. The van der Waals surface area contributed by atoms with E-state index in [1.165, 1.54) is 6.07 Å². The van der Waals surface area contributed by atoms with Crippen molar-refractivity contribution in [3.8, 4) is 0 Å². The molecular formula is C24H28N6O3S. The topological polar surface area (TPSA) is 108 Å². The molecule has 1 aromatic heterocycles. The van der Waals surface area contributed by atoms with Gasteiger partial charge in [0.25, 0.3) is 10.0 Å². The fraction of sp³-hybridized carbons (Fsp3) is 0.250. The third-order valence-electron chi connectivity index (χ3n) is 5.19. The molecule has 3 aromatic rings. The first-order valence-corrected chi connectivity index (χ1v) is 12.4. The van der Waals surface area contributed by atoms with Crippen molar-refractivity contribution in [1.82, 2.24) is 14.7 Å². The van der Waals surface area contributed by atoms with Gasteiger partial charge in [-0.15, -0.1) is 0 Å². The minimum absolute atomic E-state index is 0.130. The Morgan fingerprint density at radius 3 is 2.50 bits per heavy atom. The van der Waals surface area contributed by atoms with Crippen molar-refractivity contribution in [2.24, 2.45) is 0 Å². The minimum atomic E-state index is -3.69. The first-order valence-electron chi connectivity index (χ1n) is 10.9. The molecule has 2 aromatic carbocycles. The fourth-order valence-electron chi connectivity index (χ4n) is 3.50. The zero-order valence-corrected chi connectivity index (χ0v) is 20.0. The van der Waals surface area contributed by atoms with E-state index >= 15 is 0 Å². The highest BCUT2D eigenvalue weighted by Gasteiger charge is 2.15. The van der Waals surface area contributed by atoms with E-state index in [1.807, 2.05) is 19.1 Å². The van der Waals surface area contributed by atoms with Gasteiger partial charge in [0.05, 0.1) is 18.1 Å². The number of aromatic nitrogens is 2. The van der Waals surface area contributed by atoms with Crippen molar-refractivity contribution in [3.05, 3.63) is 72.6 Å². The van der Waals surface area contributed by atoms with Crippen molar-refractivity contribution in [1.29, 1.82) is 0 Å². The molecule has 0 unspecified atom stereocenters. The van der Waals surface area contributed by atoms with Crippen LogP contribution in [0.25, 0.3) is 0 Å². The second kappa shape index (κ2) is 10.1. The summed E-state index contributed by atoms with van der Waals surface area (Å²) in [5.41, 5.74) is 3.77. The lowest BCUT2D eigenvalue weighted by Crippen LogP contribution is -2.36. The molecule has 2 heterocycles. The maximum Gasteiger partial charge on any atom is 0.261 e. The number of hydrogen-bond acceptors (Lipinski definition) is 8. The maximum atomic E-state index is 12.5. The number of hydrogen-bond donors (Lipinski definition) is 3. The van der Waals surface area contributed by atoms with E-state index in [4.69, 9.17) is 4.74 Å². The average molecular weight is 481 g/mol. The summed E-state index contributed by atoms with van der Waals surface area (Å²) < 4.78 is 32.7. The molecule has 0 saturated carbocycles. The summed E-state index contributed by atoms with van der Waals surface area (Å²) in [6.45, 7) is 10.3. The van der Waals surface area contributed by atoms with Crippen molar-refractivity contribution >= 4 is 38.9 Å². The van der Waals surface area contributed by atoms with Crippen LogP contribution >= 0.6 is 0 Å². The molecule has 1 aliphatic rings. The molecular weight excluding hydrogens is 452 g/mol. The molecule has 1 aliphatic heterocycles. The van der Waals surface area contributed by atoms with Crippen LogP contribution in [0, 0.1) is 6.92 Å². The van der Waals surface area contributed by atoms with Crippen LogP contribution in [0.4, 0.5) is 28.8 Å². The smallest absolute Gasteiger partial charge is 0.261 e. The van der Waals surface area contributed by atoms with E-state index < -0.39 is 10.0 Å². The molecule has 178 valence electrons. The number of anilines is 5. The van der Waals surface area contributed by atoms with Gasteiger partial charge in [0.1, 0.15) is 5.82 Å². The highest BCUT2D eigenvalue weighted by atomic mass is 32.2. The molecule has 4 rings (SSSR count). The molecule has 0 bridgehead atoms. The number of ether oxygens (including phenoxy) is 1. The van der Waals surface area contributed by atoms with Gasteiger partial charge in [-0.3, -0.25) is 4.72 Å². The van der Waals surface area contributed by atoms with Gasteiger partial charge in [-0.05, 0) is 56.3 Å². The quantitative estimate of drug-likeness (QED) is 0.445. The Morgan fingerprint density at radius 1 is 1.06 bits per heavy atom. The van der Waals surface area contributed by atoms with Crippen LogP contribution < -0.4 is 20.3 Å². The van der Waals surface area contributed by atoms with E-state index in [9.17, 15) is 8.42 Å². The SMILES string of the molecule is C=C(C)NS(=O)(=O)c1cccc(Nc2nc(Nc3ccc(N4CCOCC4)cc3)ncc2C)c1. The molecule has 3 N–H and O–H groups in total. The van der Waals surface area contributed by atoms with Crippen LogP contribution in [0.2, 0.25) is 0 Å². The van der Waals surface area contributed by atoms with E-state index in [1.54, 1.807) is 31.3 Å².